The van der Waals surface area contributed by atoms with E-state index >= 15 is 0 Å². The second-order valence-corrected chi connectivity index (χ2v) is 14.3. The van der Waals surface area contributed by atoms with Crippen LogP contribution in [0, 0.1) is 5.82 Å². The second kappa shape index (κ2) is 17.2. The van der Waals surface area contributed by atoms with Gasteiger partial charge in [0.25, 0.3) is 5.91 Å². The maximum Gasteiger partial charge on any atom is 0.410 e. The molecule has 2 atom stereocenters. The number of ether oxygens (including phenoxy) is 4. The van der Waals surface area contributed by atoms with Gasteiger partial charge in [-0.05, 0) is 103 Å². The molecule has 2 fully saturated rings. The maximum absolute atomic E-state index is 14.2. The summed E-state index contributed by atoms with van der Waals surface area (Å²) in [6, 6.07) is 10.9. The minimum Gasteiger partial charge on any atom is -0.493 e. The second-order valence-electron chi connectivity index (χ2n) is 14.3. The highest BCUT2D eigenvalue weighted by Crippen LogP contribution is 2.33. The van der Waals surface area contributed by atoms with Crippen LogP contribution in [0.2, 0.25) is 0 Å². The third-order valence-electron chi connectivity index (χ3n) is 8.93. The predicted molar refractivity (Wildman–Crippen MR) is 185 cm³/mol. The molecule has 11 heteroatoms. The van der Waals surface area contributed by atoms with Crippen LogP contribution in [-0.2, 0) is 20.7 Å². The summed E-state index contributed by atoms with van der Waals surface area (Å²) >= 11 is 0. The van der Waals surface area contributed by atoms with Gasteiger partial charge < -0.3 is 33.6 Å². The average Bonchev–Trinajstić information content (AvgIpc) is 3.89. The number of methoxy groups -OCH3 is 2. The van der Waals surface area contributed by atoms with E-state index in [1.807, 2.05) is 44.4 Å². The summed E-state index contributed by atoms with van der Waals surface area (Å²) in [5.41, 5.74) is 0.547. The Morgan fingerprint density at radius 3 is 2.24 bits per heavy atom. The Hall–Kier alpha value is -3.86. The molecule has 0 spiro atoms. The van der Waals surface area contributed by atoms with Crippen molar-refractivity contribution in [2.45, 2.75) is 109 Å². The first-order valence-electron chi connectivity index (χ1n) is 17.5. The zero-order valence-electron chi connectivity index (χ0n) is 30.2. The summed E-state index contributed by atoms with van der Waals surface area (Å²) in [5, 5.41) is 0. The molecule has 1 saturated carbocycles. The van der Waals surface area contributed by atoms with Gasteiger partial charge in [-0.25, -0.2) is 9.18 Å². The molecule has 0 N–H and O–H groups in total. The minimum atomic E-state index is -0.698. The number of likely N-dealkylation sites (tertiary alicyclic amines) is 1. The Kier molecular flexibility index (Phi) is 13.3. The van der Waals surface area contributed by atoms with Crippen molar-refractivity contribution in [1.29, 1.82) is 0 Å². The van der Waals surface area contributed by atoms with Crippen LogP contribution in [-0.4, -0.2) is 103 Å². The summed E-state index contributed by atoms with van der Waals surface area (Å²) in [6.45, 7) is 11.3. The van der Waals surface area contributed by atoms with E-state index in [1.165, 1.54) is 12.1 Å². The summed E-state index contributed by atoms with van der Waals surface area (Å²) in [4.78, 5) is 46.8. The molecule has 1 aliphatic heterocycles. The SMILES string of the molecule is COCCCOc1cc(C(=O)N(C(C)C)C2CCC(CCN(C(=O)Cc3ccc(F)cc3)C3CC3)N(C(=O)OC(C)(C)C)C2)ccc1OC. The molecular weight excluding hydrogens is 629 g/mol. The lowest BCUT2D eigenvalue weighted by atomic mass is 9.93. The summed E-state index contributed by atoms with van der Waals surface area (Å²) in [5.74, 6) is 0.546. The summed E-state index contributed by atoms with van der Waals surface area (Å²) in [6.07, 6.45) is 4.32. The molecule has 2 aromatic rings. The fourth-order valence-corrected chi connectivity index (χ4v) is 6.42. The largest absolute Gasteiger partial charge is 0.493 e. The number of amides is 3. The monoisotopic (exact) mass is 683 g/mol. The topological polar surface area (TPSA) is 97.9 Å². The molecule has 2 aliphatic rings. The molecule has 1 heterocycles. The Balaban J connectivity index is 1.50. The van der Waals surface area contributed by atoms with Crippen molar-refractivity contribution in [2.24, 2.45) is 0 Å². The first-order chi connectivity index (χ1) is 23.3. The first kappa shape index (κ1) is 38.0. The molecule has 3 amide bonds. The molecule has 0 aromatic heterocycles. The van der Waals surface area contributed by atoms with E-state index in [2.05, 4.69) is 0 Å². The molecule has 49 heavy (non-hydrogen) atoms. The van der Waals surface area contributed by atoms with Gasteiger partial charge in [0.1, 0.15) is 11.4 Å². The Morgan fingerprint density at radius 1 is 0.939 bits per heavy atom. The molecule has 2 unspecified atom stereocenters. The summed E-state index contributed by atoms with van der Waals surface area (Å²) < 4.78 is 35.9. The molecular formula is C38H54FN3O7. The van der Waals surface area contributed by atoms with Gasteiger partial charge >= 0.3 is 6.09 Å². The lowest BCUT2D eigenvalue weighted by molar-refractivity contribution is -0.131. The Morgan fingerprint density at radius 2 is 1.63 bits per heavy atom. The average molecular weight is 684 g/mol. The van der Waals surface area contributed by atoms with E-state index in [0.717, 1.165) is 18.4 Å². The van der Waals surface area contributed by atoms with Crippen molar-refractivity contribution in [3.05, 3.63) is 59.4 Å². The van der Waals surface area contributed by atoms with Gasteiger partial charge in [0.05, 0.1) is 26.2 Å². The molecule has 10 nitrogen and oxygen atoms in total. The number of hydrogen-bond donors (Lipinski definition) is 0. The van der Waals surface area contributed by atoms with Crippen LogP contribution in [0.5, 0.6) is 11.5 Å². The zero-order chi connectivity index (χ0) is 35.7. The van der Waals surface area contributed by atoms with E-state index < -0.39 is 11.7 Å². The number of hydrogen-bond acceptors (Lipinski definition) is 7. The van der Waals surface area contributed by atoms with Gasteiger partial charge in [0.2, 0.25) is 5.91 Å². The van der Waals surface area contributed by atoms with Gasteiger partial charge in [-0.3, -0.25) is 9.59 Å². The molecule has 1 saturated heterocycles. The number of rotatable bonds is 15. The van der Waals surface area contributed by atoms with Crippen molar-refractivity contribution in [1.82, 2.24) is 14.7 Å². The van der Waals surface area contributed by atoms with Crippen molar-refractivity contribution in [3.63, 3.8) is 0 Å². The maximum atomic E-state index is 14.2. The molecule has 0 bridgehead atoms. The predicted octanol–water partition coefficient (Wildman–Crippen LogP) is 6.49. The molecule has 1 aliphatic carbocycles. The van der Waals surface area contributed by atoms with Gasteiger partial charge in [-0.1, -0.05) is 12.1 Å². The standard InChI is InChI=1S/C38H54FN3O7/c1-26(2)42(36(44)28-11-18-33(47-7)34(24-28)48-22-8-21-46-6)32-17-16-31(41(25-32)37(45)49-38(3,4)5)19-20-40(30-14-15-30)35(43)23-27-9-12-29(39)13-10-27/h9-13,18,24,26,30-32H,8,14-17,19-23,25H2,1-7H3. The highest BCUT2D eigenvalue weighted by molar-refractivity contribution is 5.95. The zero-order valence-corrected chi connectivity index (χ0v) is 30.2. The highest BCUT2D eigenvalue weighted by atomic mass is 19.1. The normalized spacial score (nSPS) is 17.9. The smallest absolute Gasteiger partial charge is 0.410 e. The van der Waals surface area contributed by atoms with Crippen molar-refractivity contribution < 1.29 is 37.7 Å². The van der Waals surface area contributed by atoms with E-state index in [9.17, 15) is 18.8 Å². The minimum absolute atomic E-state index is 0.00438. The third-order valence-corrected chi connectivity index (χ3v) is 8.93. The van der Waals surface area contributed by atoms with Gasteiger partial charge in [-0.15, -0.1) is 0 Å². The van der Waals surface area contributed by atoms with Crippen LogP contribution < -0.4 is 9.47 Å². The van der Waals surface area contributed by atoms with Crippen LogP contribution in [0.1, 0.15) is 89.1 Å². The van der Waals surface area contributed by atoms with Crippen molar-refractivity contribution in [2.75, 3.05) is 40.5 Å². The lowest BCUT2D eigenvalue weighted by Crippen LogP contribution is -2.58. The van der Waals surface area contributed by atoms with Gasteiger partial charge in [-0.2, -0.15) is 0 Å². The third kappa shape index (κ3) is 10.8. The van der Waals surface area contributed by atoms with E-state index in [4.69, 9.17) is 18.9 Å². The number of carbonyl (C=O) groups is 3. The van der Waals surface area contributed by atoms with Crippen LogP contribution >= 0.6 is 0 Å². The highest BCUT2D eigenvalue weighted by Gasteiger charge is 2.40. The quantitative estimate of drug-likeness (QED) is 0.198. The number of halogens is 1. The molecule has 4 rings (SSSR count). The van der Waals surface area contributed by atoms with Crippen molar-refractivity contribution >= 4 is 17.9 Å². The van der Waals surface area contributed by atoms with Gasteiger partial charge in [0.15, 0.2) is 11.5 Å². The van der Waals surface area contributed by atoms with Crippen LogP contribution in [0.15, 0.2) is 42.5 Å². The van der Waals surface area contributed by atoms with E-state index in [1.54, 1.807) is 49.5 Å². The van der Waals surface area contributed by atoms with Crippen molar-refractivity contribution in [3.8, 4) is 11.5 Å². The molecule has 0 radical (unpaired) electrons. The van der Waals surface area contributed by atoms with Crippen LogP contribution in [0.3, 0.4) is 0 Å². The van der Waals surface area contributed by atoms with E-state index in [-0.39, 0.29) is 48.2 Å². The first-order valence-corrected chi connectivity index (χ1v) is 17.5. The van der Waals surface area contributed by atoms with Crippen LogP contribution in [0.25, 0.3) is 0 Å². The fraction of sp³-hybridized carbons (Fsp3) is 0.605. The van der Waals surface area contributed by atoms with E-state index in [0.29, 0.717) is 69.0 Å². The molecule has 2 aromatic carbocycles. The molecule has 270 valence electrons. The van der Waals surface area contributed by atoms with Gasteiger partial charge in [0, 0.05) is 56.9 Å². The number of carbonyl (C=O) groups excluding carboxylic acids is 3. The summed E-state index contributed by atoms with van der Waals surface area (Å²) in [7, 11) is 3.20. The lowest BCUT2D eigenvalue weighted by Gasteiger charge is -2.45. The fourth-order valence-electron chi connectivity index (χ4n) is 6.42. The number of nitrogens with zero attached hydrogens (tertiary/aromatic N) is 3. The Labute approximate surface area is 290 Å². The number of benzene rings is 2. The Bertz CT molecular complexity index is 1410. The van der Waals surface area contributed by atoms with Crippen LogP contribution in [0.4, 0.5) is 9.18 Å². The number of piperidine rings is 1.